The highest BCUT2D eigenvalue weighted by atomic mass is 16.5. The van der Waals surface area contributed by atoms with Crippen molar-refractivity contribution in [3.05, 3.63) is 47.7 Å². The van der Waals surface area contributed by atoms with Crippen molar-refractivity contribution in [1.82, 2.24) is 10.2 Å². The van der Waals surface area contributed by atoms with Gasteiger partial charge in [0.05, 0.1) is 6.61 Å². The van der Waals surface area contributed by atoms with E-state index < -0.39 is 0 Å². The van der Waals surface area contributed by atoms with Crippen LogP contribution >= 0.6 is 0 Å². The molecule has 5 heteroatoms. The van der Waals surface area contributed by atoms with E-state index in [4.69, 9.17) is 4.74 Å². The number of aromatic amines is 1. The molecule has 0 saturated carbocycles. The van der Waals surface area contributed by atoms with Gasteiger partial charge in [0.1, 0.15) is 6.61 Å². The van der Waals surface area contributed by atoms with Crippen molar-refractivity contribution >= 4 is 11.7 Å². The summed E-state index contributed by atoms with van der Waals surface area (Å²) < 4.78 is 5.36. The highest BCUT2D eigenvalue weighted by Gasteiger charge is 2.06. The molecule has 0 unspecified atom stereocenters. The van der Waals surface area contributed by atoms with Gasteiger partial charge >= 0.3 is 0 Å². The number of carbonyl (C=O) groups excluding carboxylic acids is 1. The summed E-state index contributed by atoms with van der Waals surface area (Å²) in [5.41, 5.74) is 2.07. The van der Waals surface area contributed by atoms with Crippen LogP contribution in [0.3, 0.4) is 0 Å². The summed E-state index contributed by atoms with van der Waals surface area (Å²) in [6.07, 6.45) is 1.96. The summed E-state index contributed by atoms with van der Waals surface area (Å²) in [7, 11) is 0. The molecule has 0 spiro atoms. The van der Waals surface area contributed by atoms with Crippen LogP contribution in [0.1, 0.15) is 24.6 Å². The molecule has 0 aliphatic carbocycles. The predicted molar refractivity (Wildman–Crippen MR) is 77.3 cm³/mol. The van der Waals surface area contributed by atoms with Gasteiger partial charge in [0.25, 0.3) is 5.91 Å². The van der Waals surface area contributed by atoms with Gasteiger partial charge in [0, 0.05) is 11.8 Å². The fourth-order valence-electron chi connectivity index (χ4n) is 1.84. The van der Waals surface area contributed by atoms with Crippen LogP contribution in [0.15, 0.2) is 36.4 Å². The highest BCUT2D eigenvalue weighted by Crippen LogP contribution is 2.07. The van der Waals surface area contributed by atoms with E-state index in [0.717, 1.165) is 24.1 Å². The molecule has 2 N–H and O–H groups in total. The van der Waals surface area contributed by atoms with Crippen LogP contribution in [0.25, 0.3) is 0 Å². The topological polar surface area (TPSA) is 67.0 Å². The van der Waals surface area contributed by atoms with Crippen LogP contribution in [-0.2, 0) is 22.6 Å². The van der Waals surface area contributed by atoms with Gasteiger partial charge in [-0.3, -0.25) is 9.89 Å². The maximum absolute atomic E-state index is 11.7. The Morgan fingerprint density at radius 3 is 2.90 bits per heavy atom. The first-order valence-electron chi connectivity index (χ1n) is 6.73. The maximum atomic E-state index is 11.7. The number of amides is 1. The number of H-pyrrole nitrogens is 1. The van der Waals surface area contributed by atoms with Crippen molar-refractivity contribution in [3.63, 3.8) is 0 Å². The molecule has 20 heavy (non-hydrogen) atoms. The zero-order valence-electron chi connectivity index (χ0n) is 11.6. The van der Waals surface area contributed by atoms with Gasteiger partial charge in [-0.1, -0.05) is 43.7 Å². The van der Waals surface area contributed by atoms with Crippen LogP contribution in [0.5, 0.6) is 0 Å². The molecule has 0 atom stereocenters. The van der Waals surface area contributed by atoms with E-state index in [1.54, 1.807) is 0 Å². The minimum atomic E-state index is -0.199. The van der Waals surface area contributed by atoms with E-state index in [9.17, 15) is 4.79 Å². The number of rotatable bonds is 7. The average molecular weight is 273 g/mol. The molecule has 2 rings (SSSR count). The molecule has 0 aliphatic rings. The molecule has 0 bridgehead atoms. The third kappa shape index (κ3) is 4.51. The van der Waals surface area contributed by atoms with Gasteiger partial charge in [0.15, 0.2) is 5.82 Å². The zero-order valence-corrected chi connectivity index (χ0v) is 11.6. The summed E-state index contributed by atoms with van der Waals surface area (Å²) in [5, 5.41) is 9.62. The lowest BCUT2D eigenvalue weighted by Gasteiger charge is -2.04. The van der Waals surface area contributed by atoms with Gasteiger partial charge in [-0.15, -0.1) is 0 Å². The number of hydrogen-bond acceptors (Lipinski definition) is 3. The third-order valence-electron chi connectivity index (χ3n) is 2.76. The second-order valence-corrected chi connectivity index (χ2v) is 4.55. The van der Waals surface area contributed by atoms with E-state index in [1.165, 1.54) is 0 Å². The minimum absolute atomic E-state index is 0.0187. The molecular weight excluding hydrogens is 254 g/mol. The minimum Gasteiger partial charge on any atom is -0.367 e. The SMILES string of the molecule is CCCc1cc(NC(=O)COCc2ccccc2)n[nH]1. The number of anilines is 1. The molecule has 5 nitrogen and oxygen atoms in total. The summed E-state index contributed by atoms with van der Waals surface area (Å²) >= 11 is 0. The van der Waals surface area contributed by atoms with Gasteiger partial charge in [-0.25, -0.2) is 0 Å². The molecule has 0 fully saturated rings. The first-order valence-corrected chi connectivity index (χ1v) is 6.73. The number of ether oxygens (including phenoxy) is 1. The van der Waals surface area contributed by atoms with E-state index in [1.807, 2.05) is 36.4 Å². The van der Waals surface area contributed by atoms with Crippen LogP contribution in [0.4, 0.5) is 5.82 Å². The van der Waals surface area contributed by atoms with E-state index in [2.05, 4.69) is 22.4 Å². The van der Waals surface area contributed by atoms with Crippen molar-refractivity contribution in [2.45, 2.75) is 26.4 Å². The molecule has 1 amide bonds. The Kier molecular flexibility index (Phi) is 5.32. The molecule has 0 radical (unpaired) electrons. The normalized spacial score (nSPS) is 10.4. The van der Waals surface area contributed by atoms with Crippen LogP contribution in [0.2, 0.25) is 0 Å². The number of aromatic nitrogens is 2. The van der Waals surface area contributed by atoms with Crippen molar-refractivity contribution in [1.29, 1.82) is 0 Å². The molecule has 1 heterocycles. The fourth-order valence-corrected chi connectivity index (χ4v) is 1.84. The Morgan fingerprint density at radius 2 is 2.15 bits per heavy atom. The summed E-state index contributed by atoms with van der Waals surface area (Å²) in [4.78, 5) is 11.7. The van der Waals surface area contributed by atoms with Crippen molar-refractivity contribution in [3.8, 4) is 0 Å². The average Bonchev–Trinajstić information content (AvgIpc) is 2.88. The van der Waals surface area contributed by atoms with Crippen molar-refractivity contribution in [2.24, 2.45) is 0 Å². The second-order valence-electron chi connectivity index (χ2n) is 4.55. The van der Waals surface area contributed by atoms with Crippen LogP contribution in [-0.4, -0.2) is 22.7 Å². The number of aryl methyl sites for hydroxylation is 1. The highest BCUT2D eigenvalue weighted by molar-refractivity contribution is 5.90. The Balaban J connectivity index is 1.72. The van der Waals surface area contributed by atoms with Crippen LogP contribution in [0, 0.1) is 0 Å². The first-order chi connectivity index (χ1) is 9.78. The van der Waals surface area contributed by atoms with Gasteiger partial charge in [-0.05, 0) is 12.0 Å². The van der Waals surface area contributed by atoms with E-state index in [0.29, 0.717) is 12.4 Å². The quantitative estimate of drug-likeness (QED) is 0.814. The van der Waals surface area contributed by atoms with Crippen molar-refractivity contribution in [2.75, 3.05) is 11.9 Å². The Bertz CT molecular complexity index is 537. The summed E-state index contributed by atoms with van der Waals surface area (Å²) in [6, 6.07) is 11.6. The number of benzene rings is 1. The van der Waals surface area contributed by atoms with E-state index in [-0.39, 0.29) is 12.5 Å². The number of hydrogen-bond donors (Lipinski definition) is 2. The molecular formula is C15H19N3O2. The Morgan fingerprint density at radius 1 is 1.35 bits per heavy atom. The standard InChI is InChI=1S/C15H19N3O2/c1-2-6-13-9-14(18-17-13)16-15(19)11-20-10-12-7-4-3-5-8-12/h3-5,7-9H,2,6,10-11H2,1H3,(H2,16,17,18,19). The second kappa shape index (κ2) is 7.45. The number of carbonyl (C=O) groups is 1. The Hall–Kier alpha value is -2.14. The molecule has 106 valence electrons. The van der Waals surface area contributed by atoms with Gasteiger partial charge < -0.3 is 10.1 Å². The smallest absolute Gasteiger partial charge is 0.251 e. The number of nitrogens with one attached hydrogen (secondary N) is 2. The zero-order chi connectivity index (χ0) is 14.2. The lowest BCUT2D eigenvalue weighted by Crippen LogP contribution is -2.18. The molecule has 0 saturated heterocycles. The van der Waals surface area contributed by atoms with Gasteiger partial charge in [0.2, 0.25) is 0 Å². The lowest BCUT2D eigenvalue weighted by atomic mass is 10.2. The predicted octanol–water partition coefficient (Wildman–Crippen LogP) is 2.52. The molecule has 1 aromatic heterocycles. The summed E-state index contributed by atoms with van der Waals surface area (Å²) in [5.74, 6) is 0.345. The number of nitrogens with zero attached hydrogens (tertiary/aromatic N) is 1. The van der Waals surface area contributed by atoms with Crippen LogP contribution < -0.4 is 5.32 Å². The lowest BCUT2D eigenvalue weighted by molar-refractivity contribution is -0.121. The monoisotopic (exact) mass is 273 g/mol. The maximum Gasteiger partial charge on any atom is 0.251 e. The largest absolute Gasteiger partial charge is 0.367 e. The fraction of sp³-hybridized carbons (Fsp3) is 0.333. The third-order valence-corrected chi connectivity index (χ3v) is 2.76. The molecule has 1 aromatic carbocycles. The van der Waals surface area contributed by atoms with Crippen molar-refractivity contribution < 1.29 is 9.53 Å². The Labute approximate surface area is 118 Å². The molecule has 2 aromatic rings. The first kappa shape index (κ1) is 14.3. The molecule has 0 aliphatic heterocycles. The van der Waals surface area contributed by atoms with Gasteiger partial charge in [-0.2, -0.15) is 5.10 Å². The summed E-state index contributed by atoms with van der Waals surface area (Å²) in [6.45, 7) is 2.54. The van der Waals surface area contributed by atoms with E-state index >= 15 is 0 Å².